The van der Waals surface area contributed by atoms with Crippen LogP contribution in [0.2, 0.25) is 0 Å². The number of rotatable bonds is 0. The molecule has 8 heavy (non-hydrogen) atoms. The largest absolute Gasteiger partial charge is 0.0635 e. The molecule has 0 nitrogen and oxygen atoms in total. The van der Waals surface area contributed by atoms with Gasteiger partial charge in [-0.3, -0.25) is 0 Å². The first-order chi connectivity index (χ1) is 5.46. The predicted octanol–water partition coefficient (Wildman–Crippen LogP) is 3.05. The Kier molecular flexibility index (Phi) is 1.06. The van der Waals surface area contributed by atoms with E-state index in [0.29, 0.717) is 3.57 Å². The van der Waals surface area contributed by atoms with Gasteiger partial charge in [0, 0.05) is 8.04 Å². The van der Waals surface area contributed by atoms with Crippen molar-refractivity contribution in [3.63, 3.8) is 0 Å². The van der Waals surface area contributed by atoms with Crippen LogP contribution in [0.3, 0.4) is 0 Å². The molecule has 0 aromatic heterocycles. The summed E-state index contributed by atoms with van der Waals surface area (Å²) in [5.41, 5.74) is 0. The summed E-state index contributed by atoms with van der Waals surface area (Å²) in [7, 11) is 0. The maximum absolute atomic E-state index is 7.39. The van der Waals surface area contributed by atoms with Crippen LogP contribution in [0.1, 0.15) is 5.48 Å². The van der Waals surface area contributed by atoms with E-state index in [2.05, 4.69) is 15.9 Å². The summed E-state index contributed by atoms with van der Waals surface area (Å²) in [6.07, 6.45) is 0. The van der Waals surface area contributed by atoms with Gasteiger partial charge in [-0.15, -0.1) is 0 Å². The van der Waals surface area contributed by atoms with E-state index in [1.807, 2.05) is 0 Å². The van der Waals surface area contributed by atoms with Gasteiger partial charge in [0.15, 0.2) is 0 Å². The summed E-state index contributed by atoms with van der Waals surface area (Å²) in [5.74, 6) is 0. The molecular weight excluding hydrogens is 279 g/mol. The highest BCUT2D eigenvalue weighted by molar-refractivity contribution is 14.1. The van der Waals surface area contributed by atoms with Gasteiger partial charge in [0.05, 0.1) is 5.48 Å². The molecule has 0 aliphatic carbocycles. The van der Waals surface area contributed by atoms with Crippen LogP contribution in [-0.2, 0) is 0 Å². The fourth-order valence-electron chi connectivity index (χ4n) is 0.282. The Morgan fingerprint density at radius 2 is 1.88 bits per heavy atom. The van der Waals surface area contributed by atoms with Gasteiger partial charge in [-0.25, -0.2) is 0 Å². The molecule has 0 aliphatic heterocycles. The fraction of sp³-hybridized carbons (Fsp3) is 0. The molecule has 0 spiro atoms. The van der Waals surface area contributed by atoms with Crippen molar-refractivity contribution < 1.29 is 5.48 Å². The van der Waals surface area contributed by atoms with Crippen LogP contribution in [0.5, 0.6) is 0 Å². The van der Waals surface area contributed by atoms with Gasteiger partial charge in [-0.1, -0.05) is 15.9 Å². The molecule has 0 unspecified atom stereocenters. The lowest BCUT2D eigenvalue weighted by molar-refractivity contribution is 1.60. The van der Waals surface area contributed by atoms with E-state index in [9.17, 15) is 0 Å². The minimum absolute atomic E-state index is 0.00322. The minimum atomic E-state index is -0.0274. The van der Waals surface area contributed by atoms with Gasteiger partial charge in [0.1, 0.15) is 0 Å². The Hall–Kier alpha value is 0.430. The summed E-state index contributed by atoms with van der Waals surface area (Å²) in [4.78, 5) is 0. The SMILES string of the molecule is [2H]c1c([2H])c(I)c([2H])c([2H])c1Br. The highest BCUT2D eigenvalue weighted by atomic mass is 127. The van der Waals surface area contributed by atoms with Crippen molar-refractivity contribution in [2.24, 2.45) is 0 Å². The molecule has 0 radical (unpaired) electrons. The van der Waals surface area contributed by atoms with E-state index in [4.69, 9.17) is 5.48 Å². The Morgan fingerprint density at radius 3 is 2.38 bits per heavy atom. The van der Waals surface area contributed by atoms with Crippen LogP contribution < -0.4 is 0 Å². The molecule has 0 amide bonds. The van der Waals surface area contributed by atoms with E-state index in [-0.39, 0.29) is 28.6 Å². The number of hydrogen-bond donors (Lipinski definition) is 0. The molecule has 0 atom stereocenters. The predicted molar refractivity (Wildman–Crippen MR) is 46.9 cm³/mol. The molecule has 1 aromatic rings. The molecule has 0 fully saturated rings. The van der Waals surface area contributed by atoms with E-state index < -0.39 is 0 Å². The maximum Gasteiger partial charge on any atom is 0.0635 e. The molecular formula is C6H4BrI. The zero-order valence-electron chi connectivity index (χ0n) is 7.76. The van der Waals surface area contributed by atoms with E-state index >= 15 is 0 Å². The second-order valence-electron chi connectivity index (χ2n) is 1.13. The molecule has 0 saturated heterocycles. The summed E-state index contributed by atoms with van der Waals surface area (Å²) < 4.78 is 30.1. The number of halogens is 2. The summed E-state index contributed by atoms with van der Waals surface area (Å²) >= 11 is 4.80. The zero-order chi connectivity index (χ0) is 9.46. The van der Waals surface area contributed by atoms with Gasteiger partial charge < -0.3 is 0 Å². The van der Waals surface area contributed by atoms with Crippen LogP contribution in [0.4, 0.5) is 0 Å². The average molecular weight is 287 g/mol. The minimum Gasteiger partial charge on any atom is -0.0508 e. The third kappa shape index (κ3) is 1.74. The second-order valence-corrected chi connectivity index (χ2v) is 3.00. The quantitative estimate of drug-likeness (QED) is 0.643. The molecule has 42 valence electrons. The molecule has 2 heteroatoms. The maximum atomic E-state index is 7.39. The van der Waals surface area contributed by atoms with Crippen molar-refractivity contribution in [2.45, 2.75) is 0 Å². The van der Waals surface area contributed by atoms with Gasteiger partial charge in [-0.05, 0) is 46.8 Å². The van der Waals surface area contributed by atoms with Crippen molar-refractivity contribution in [1.29, 1.82) is 0 Å². The lowest BCUT2D eigenvalue weighted by Crippen LogP contribution is -1.65. The van der Waals surface area contributed by atoms with Crippen LogP contribution >= 0.6 is 38.5 Å². The van der Waals surface area contributed by atoms with Crippen molar-refractivity contribution in [2.75, 3.05) is 0 Å². The van der Waals surface area contributed by atoms with Gasteiger partial charge in [0.2, 0.25) is 0 Å². The van der Waals surface area contributed by atoms with E-state index in [1.165, 1.54) is 0 Å². The Morgan fingerprint density at radius 1 is 1.38 bits per heavy atom. The summed E-state index contributed by atoms with van der Waals surface area (Å²) in [6, 6.07) is -0.0484. The topological polar surface area (TPSA) is 0 Å². The molecule has 0 aliphatic rings. The smallest absolute Gasteiger partial charge is 0.0508 e. The normalized spacial score (nSPS) is 16.2. The fourth-order valence-corrected chi connectivity index (χ4v) is 0.750. The monoisotopic (exact) mass is 286 g/mol. The highest BCUT2D eigenvalue weighted by Crippen LogP contribution is 2.11. The van der Waals surface area contributed by atoms with E-state index in [1.54, 1.807) is 22.6 Å². The molecule has 0 N–H and O–H groups in total. The van der Waals surface area contributed by atoms with Crippen molar-refractivity contribution in [3.8, 4) is 0 Å². The standard InChI is InChI=1S/C6H4BrI/c7-5-1-3-6(8)4-2-5/h1-4H/i1D,2D,3D,4D. The Balaban J connectivity index is 3.60. The third-order valence-electron chi connectivity index (χ3n) is 0.564. The van der Waals surface area contributed by atoms with Crippen LogP contribution in [0, 0.1) is 3.57 Å². The second kappa shape index (κ2) is 2.82. The van der Waals surface area contributed by atoms with Crippen LogP contribution in [-0.4, -0.2) is 0 Å². The third-order valence-corrected chi connectivity index (χ3v) is 1.50. The Bertz CT molecular complexity index is 234. The van der Waals surface area contributed by atoms with Crippen LogP contribution in [0.25, 0.3) is 0 Å². The number of hydrogen-bond acceptors (Lipinski definition) is 0. The lowest BCUT2D eigenvalue weighted by Gasteiger charge is -1.86. The number of benzene rings is 1. The molecule has 0 saturated carbocycles. The summed E-state index contributed by atoms with van der Waals surface area (Å²) in [6.45, 7) is 0. The average Bonchev–Trinajstić information content (AvgIpc) is 2.08. The van der Waals surface area contributed by atoms with E-state index in [0.717, 1.165) is 0 Å². The van der Waals surface area contributed by atoms with Crippen molar-refractivity contribution in [3.05, 3.63) is 32.2 Å². The summed E-state index contributed by atoms with van der Waals surface area (Å²) in [5, 5.41) is 0. The first kappa shape index (κ1) is 3.01. The van der Waals surface area contributed by atoms with Crippen LogP contribution in [0.15, 0.2) is 28.6 Å². The van der Waals surface area contributed by atoms with Crippen molar-refractivity contribution in [1.82, 2.24) is 0 Å². The first-order valence-electron chi connectivity index (χ1n) is 3.88. The zero-order valence-corrected chi connectivity index (χ0v) is 7.50. The highest BCUT2D eigenvalue weighted by Gasteiger charge is 1.82. The Labute approximate surface area is 76.2 Å². The first-order valence-corrected chi connectivity index (χ1v) is 3.75. The van der Waals surface area contributed by atoms with Gasteiger partial charge >= 0.3 is 0 Å². The van der Waals surface area contributed by atoms with Gasteiger partial charge in [0.25, 0.3) is 0 Å². The van der Waals surface area contributed by atoms with Gasteiger partial charge in [-0.2, -0.15) is 0 Å². The molecule has 0 heterocycles. The lowest BCUT2D eigenvalue weighted by atomic mass is 10.4. The molecule has 0 bridgehead atoms. The molecule has 1 rings (SSSR count). The molecule has 1 aromatic carbocycles. The van der Waals surface area contributed by atoms with Crippen molar-refractivity contribution >= 4 is 38.5 Å².